The number of halogens is 1. The molecular formula is C23H31IN4O2S. The highest BCUT2D eigenvalue weighted by Crippen LogP contribution is 2.19. The number of sulfone groups is 1. The van der Waals surface area contributed by atoms with Gasteiger partial charge >= 0.3 is 0 Å². The molecule has 0 amide bonds. The van der Waals surface area contributed by atoms with E-state index in [9.17, 15) is 8.42 Å². The topological polar surface area (TPSA) is 86.3 Å². The number of nitrogens with one attached hydrogen (secondary N) is 3. The lowest BCUT2D eigenvalue weighted by molar-refractivity contribution is 0.601. The van der Waals surface area contributed by atoms with Crippen molar-refractivity contribution >= 4 is 50.7 Å². The van der Waals surface area contributed by atoms with Crippen LogP contribution < -0.4 is 10.6 Å². The van der Waals surface area contributed by atoms with E-state index < -0.39 is 9.84 Å². The van der Waals surface area contributed by atoms with Crippen LogP contribution in [0.5, 0.6) is 0 Å². The van der Waals surface area contributed by atoms with Gasteiger partial charge in [0, 0.05) is 36.4 Å². The Morgan fingerprint density at radius 3 is 2.45 bits per heavy atom. The van der Waals surface area contributed by atoms with Crippen LogP contribution in [0.15, 0.2) is 53.7 Å². The van der Waals surface area contributed by atoms with Crippen LogP contribution in [0.4, 0.5) is 0 Å². The van der Waals surface area contributed by atoms with E-state index in [0.717, 1.165) is 36.6 Å². The molecule has 0 aliphatic carbocycles. The molecule has 0 aliphatic rings. The molecule has 0 bridgehead atoms. The fourth-order valence-corrected chi connectivity index (χ4v) is 4.18. The first-order valence-electron chi connectivity index (χ1n) is 10.2. The van der Waals surface area contributed by atoms with Crippen LogP contribution in [-0.2, 0) is 28.6 Å². The lowest BCUT2D eigenvalue weighted by atomic mass is 10.1. The Hall–Kier alpha value is -2.07. The maximum atomic E-state index is 11.4. The van der Waals surface area contributed by atoms with Gasteiger partial charge in [0.25, 0.3) is 0 Å². The predicted molar refractivity (Wildman–Crippen MR) is 140 cm³/mol. The highest BCUT2D eigenvalue weighted by atomic mass is 127. The van der Waals surface area contributed by atoms with Gasteiger partial charge in [0.2, 0.25) is 0 Å². The molecule has 31 heavy (non-hydrogen) atoms. The largest absolute Gasteiger partial charge is 0.361 e. The molecule has 8 heteroatoms. The zero-order valence-electron chi connectivity index (χ0n) is 18.2. The van der Waals surface area contributed by atoms with Crippen LogP contribution in [0, 0.1) is 6.92 Å². The van der Waals surface area contributed by atoms with Crippen LogP contribution >= 0.6 is 24.0 Å². The third-order valence-electron chi connectivity index (χ3n) is 4.83. The second-order valence-corrected chi connectivity index (χ2v) is 9.76. The molecule has 2 aromatic carbocycles. The van der Waals surface area contributed by atoms with E-state index in [2.05, 4.69) is 51.9 Å². The highest BCUT2D eigenvalue weighted by Gasteiger charge is 2.06. The van der Waals surface area contributed by atoms with Crippen molar-refractivity contribution in [2.24, 2.45) is 4.99 Å². The monoisotopic (exact) mass is 554 g/mol. The van der Waals surface area contributed by atoms with Crippen LogP contribution in [0.1, 0.15) is 29.2 Å². The maximum Gasteiger partial charge on any atom is 0.191 e. The van der Waals surface area contributed by atoms with Gasteiger partial charge in [-0.1, -0.05) is 36.4 Å². The second kappa shape index (κ2) is 11.5. The van der Waals surface area contributed by atoms with E-state index in [1.54, 1.807) is 0 Å². The third kappa shape index (κ3) is 7.84. The van der Waals surface area contributed by atoms with Crippen molar-refractivity contribution in [2.75, 3.05) is 19.3 Å². The fourth-order valence-electron chi connectivity index (χ4n) is 3.38. The molecule has 3 aromatic rings. The molecule has 1 heterocycles. The standard InChI is InChI=1S/C23H30N4O2S.HI/c1-4-24-23(27-14-18-6-8-19(9-7-18)16-30(3,28)29)25-12-11-20-15-26-22-13-17(2)5-10-21(20)22;/h5-10,13,15,26H,4,11-12,14,16H2,1-3H3,(H2,24,25,27);1H. The van der Waals surface area contributed by atoms with Gasteiger partial charge in [0.05, 0.1) is 12.3 Å². The van der Waals surface area contributed by atoms with Crippen molar-refractivity contribution in [2.45, 2.75) is 32.6 Å². The summed E-state index contributed by atoms with van der Waals surface area (Å²) in [6.07, 6.45) is 4.22. The summed E-state index contributed by atoms with van der Waals surface area (Å²) in [6, 6.07) is 14.0. The van der Waals surface area contributed by atoms with Gasteiger partial charge in [-0.3, -0.25) is 0 Å². The van der Waals surface area contributed by atoms with Crippen LogP contribution in [0.25, 0.3) is 10.9 Å². The van der Waals surface area contributed by atoms with E-state index >= 15 is 0 Å². The number of H-pyrrole nitrogens is 1. The average molecular weight is 554 g/mol. The molecule has 0 fully saturated rings. The van der Waals surface area contributed by atoms with Crippen LogP contribution in [-0.4, -0.2) is 38.7 Å². The summed E-state index contributed by atoms with van der Waals surface area (Å²) < 4.78 is 22.8. The molecule has 0 saturated heterocycles. The second-order valence-electron chi connectivity index (χ2n) is 7.62. The molecule has 0 radical (unpaired) electrons. The first-order valence-corrected chi connectivity index (χ1v) is 12.2. The predicted octanol–water partition coefficient (Wildman–Crippen LogP) is 3.94. The van der Waals surface area contributed by atoms with Gasteiger partial charge in [-0.25, -0.2) is 13.4 Å². The quantitative estimate of drug-likeness (QED) is 0.224. The number of benzene rings is 2. The van der Waals surface area contributed by atoms with Crippen LogP contribution in [0.3, 0.4) is 0 Å². The van der Waals surface area contributed by atoms with Crippen molar-refractivity contribution in [3.8, 4) is 0 Å². The normalized spacial score (nSPS) is 11.9. The SMILES string of the molecule is CCNC(=NCc1ccc(CS(C)(=O)=O)cc1)NCCc1c[nH]c2cc(C)ccc12.I. The molecule has 0 saturated carbocycles. The van der Waals surface area contributed by atoms with Gasteiger partial charge in [-0.15, -0.1) is 24.0 Å². The first kappa shape index (κ1) is 25.2. The zero-order valence-corrected chi connectivity index (χ0v) is 21.4. The van der Waals surface area contributed by atoms with Crippen molar-refractivity contribution in [1.82, 2.24) is 15.6 Å². The fraction of sp³-hybridized carbons (Fsp3) is 0.348. The smallest absolute Gasteiger partial charge is 0.191 e. The number of rotatable bonds is 8. The van der Waals surface area contributed by atoms with Crippen LogP contribution in [0.2, 0.25) is 0 Å². The van der Waals surface area contributed by atoms with Crippen molar-refractivity contribution < 1.29 is 8.42 Å². The van der Waals surface area contributed by atoms with E-state index in [4.69, 9.17) is 0 Å². The van der Waals surface area contributed by atoms with E-state index in [0.29, 0.717) is 6.54 Å². The van der Waals surface area contributed by atoms with E-state index in [-0.39, 0.29) is 29.7 Å². The Kier molecular flexibility index (Phi) is 9.36. The number of guanidine groups is 1. The number of hydrogen-bond donors (Lipinski definition) is 3. The molecule has 3 N–H and O–H groups in total. The molecule has 0 atom stereocenters. The lowest BCUT2D eigenvalue weighted by Crippen LogP contribution is -2.38. The number of hydrogen-bond acceptors (Lipinski definition) is 3. The van der Waals surface area contributed by atoms with Gasteiger partial charge in [0.15, 0.2) is 15.8 Å². The van der Waals surface area contributed by atoms with Gasteiger partial charge in [-0.2, -0.15) is 0 Å². The molecule has 0 unspecified atom stereocenters. The lowest BCUT2D eigenvalue weighted by Gasteiger charge is -2.11. The molecule has 6 nitrogen and oxygen atoms in total. The number of aromatic nitrogens is 1. The Balaban J connectivity index is 0.00000341. The third-order valence-corrected chi connectivity index (χ3v) is 5.68. The van der Waals surface area contributed by atoms with E-state index in [1.165, 1.54) is 28.3 Å². The minimum Gasteiger partial charge on any atom is -0.361 e. The number of aliphatic imine (C=N–C) groups is 1. The molecule has 0 aliphatic heterocycles. The summed E-state index contributed by atoms with van der Waals surface area (Å²) in [7, 11) is -3.02. The summed E-state index contributed by atoms with van der Waals surface area (Å²) in [5.74, 6) is 0.835. The Morgan fingerprint density at radius 2 is 1.77 bits per heavy atom. The molecular weight excluding hydrogens is 523 g/mol. The molecule has 3 rings (SSSR count). The molecule has 168 valence electrons. The maximum absolute atomic E-state index is 11.4. The Morgan fingerprint density at radius 1 is 1.06 bits per heavy atom. The molecule has 0 spiro atoms. The Bertz CT molecular complexity index is 1120. The number of fused-ring (bicyclic) bond motifs is 1. The first-order chi connectivity index (χ1) is 14.3. The highest BCUT2D eigenvalue weighted by molar-refractivity contribution is 14.0. The van der Waals surface area contributed by atoms with Gasteiger partial charge < -0.3 is 15.6 Å². The summed E-state index contributed by atoms with van der Waals surface area (Å²) in [5.41, 5.74) is 5.54. The van der Waals surface area contributed by atoms with Crippen molar-refractivity contribution in [3.05, 3.63) is 70.9 Å². The summed E-state index contributed by atoms with van der Waals surface area (Å²) in [4.78, 5) is 8.00. The number of aromatic amines is 1. The zero-order chi connectivity index (χ0) is 21.6. The van der Waals surface area contributed by atoms with Crippen molar-refractivity contribution in [3.63, 3.8) is 0 Å². The molecule has 1 aromatic heterocycles. The van der Waals surface area contributed by atoms with Crippen molar-refractivity contribution in [1.29, 1.82) is 0 Å². The van der Waals surface area contributed by atoms with E-state index in [1.807, 2.05) is 31.2 Å². The summed E-state index contributed by atoms with van der Waals surface area (Å²) >= 11 is 0. The average Bonchev–Trinajstić information content (AvgIpc) is 3.08. The van der Waals surface area contributed by atoms with Gasteiger partial charge in [-0.05, 0) is 48.6 Å². The minimum atomic E-state index is -3.02. The van der Waals surface area contributed by atoms with Gasteiger partial charge in [0.1, 0.15) is 0 Å². The number of nitrogens with zero attached hydrogens (tertiary/aromatic N) is 1. The summed E-state index contributed by atoms with van der Waals surface area (Å²) in [5, 5.41) is 7.93. The number of aryl methyl sites for hydroxylation is 1. The Labute approximate surface area is 201 Å². The minimum absolute atomic E-state index is 0. The summed E-state index contributed by atoms with van der Waals surface area (Å²) in [6.45, 7) is 6.23.